The van der Waals surface area contributed by atoms with E-state index in [-0.39, 0.29) is 10.8 Å². The number of aryl methyl sites for hydroxylation is 3. The van der Waals surface area contributed by atoms with Crippen LogP contribution in [0.5, 0.6) is 0 Å². The van der Waals surface area contributed by atoms with E-state index in [1.54, 1.807) is 25.3 Å². The van der Waals surface area contributed by atoms with Crippen molar-refractivity contribution in [2.45, 2.75) is 38.1 Å². The van der Waals surface area contributed by atoms with Crippen molar-refractivity contribution >= 4 is 21.6 Å². The van der Waals surface area contributed by atoms with Crippen molar-refractivity contribution in [2.75, 3.05) is 31.6 Å². The number of morpholine rings is 1. The average Bonchev–Trinajstić information content (AvgIpc) is 3.09. The van der Waals surface area contributed by atoms with Gasteiger partial charge in [-0.2, -0.15) is 4.31 Å². The Morgan fingerprint density at radius 2 is 2.00 bits per heavy atom. The number of hydrogen-bond acceptors (Lipinski definition) is 5. The molecule has 0 bridgehead atoms. The zero-order chi connectivity index (χ0) is 20.1. The molecule has 9 heteroatoms. The number of amides is 1. The Balaban J connectivity index is 1.64. The van der Waals surface area contributed by atoms with Crippen molar-refractivity contribution in [1.29, 1.82) is 0 Å². The average molecular weight is 407 g/mol. The van der Waals surface area contributed by atoms with Gasteiger partial charge in [-0.05, 0) is 38.0 Å². The highest BCUT2D eigenvalue weighted by Gasteiger charge is 2.28. The predicted octanol–water partition coefficient (Wildman–Crippen LogP) is 1.94. The predicted molar refractivity (Wildman–Crippen MR) is 106 cm³/mol. The van der Waals surface area contributed by atoms with Crippen LogP contribution in [0.2, 0.25) is 0 Å². The van der Waals surface area contributed by atoms with Gasteiger partial charge in [0.1, 0.15) is 5.82 Å². The van der Waals surface area contributed by atoms with Crippen LogP contribution < -0.4 is 5.32 Å². The third-order valence-corrected chi connectivity index (χ3v) is 6.83. The van der Waals surface area contributed by atoms with Crippen LogP contribution in [0.25, 0.3) is 0 Å². The molecule has 8 nitrogen and oxygen atoms in total. The fourth-order valence-corrected chi connectivity index (χ4v) is 4.81. The Kier molecular flexibility index (Phi) is 6.48. The molecule has 3 rings (SSSR count). The maximum atomic E-state index is 12.9. The summed E-state index contributed by atoms with van der Waals surface area (Å²) in [6.45, 7) is 5.85. The number of nitrogens with zero attached hydrogens (tertiary/aromatic N) is 3. The fourth-order valence-electron chi connectivity index (χ4n) is 3.16. The normalized spacial score (nSPS) is 15.5. The molecule has 1 aliphatic rings. The zero-order valence-corrected chi connectivity index (χ0v) is 17.0. The van der Waals surface area contributed by atoms with Crippen molar-refractivity contribution in [3.63, 3.8) is 0 Å². The third kappa shape index (κ3) is 4.78. The minimum Gasteiger partial charge on any atom is -0.379 e. The van der Waals surface area contributed by atoms with Crippen LogP contribution in [-0.4, -0.2) is 54.5 Å². The smallest absolute Gasteiger partial charge is 0.243 e. The Labute approximate surface area is 165 Å². The maximum Gasteiger partial charge on any atom is 0.243 e. The number of nitrogens with one attached hydrogen (secondary N) is 1. The second-order valence-electron chi connectivity index (χ2n) is 6.82. The molecule has 152 valence electrons. The number of imidazole rings is 1. The van der Waals surface area contributed by atoms with E-state index in [1.807, 2.05) is 17.7 Å². The lowest BCUT2D eigenvalue weighted by atomic mass is 10.2. The van der Waals surface area contributed by atoms with Crippen LogP contribution in [0.4, 0.5) is 5.69 Å². The summed E-state index contributed by atoms with van der Waals surface area (Å²) >= 11 is 0. The summed E-state index contributed by atoms with van der Waals surface area (Å²) in [6, 6.07) is 4.99. The molecule has 28 heavy (non-hydrogen) atoms. The van der Waals surface area contributed by atoms with Crippen LogP contribution in [-0.2, 0) is 26.1 Å². The van der Waals surface area contributed by atoms with Gasteiger partial charge in [-0.25, -0.2) is 13.4 Å². The van der Waals surface area contributed by atoms with E-state index in [4.69, 9.17) is 4.74 Å². The highest BCUT2D eigenvalue weighted by molar-refractivity contribution is 7.89. The molecule has 0 unspecified atom stereocenters. The molecule has 1 N–H and O–H groups in total. The molecule has 1 saturated heterocycles. The molecule has 0 atom stereocenters. The molecule has 2 aromatic rings. The van der Waals surface area contributed by atoms with E-state index in [0.29, 0.717) is 56.9 Å². The molecule has 1 aromatic heterocycles. The van der Waals surface area contributed by atoms with Crippen LogP contribution >= 0.6 is 0 Å². The summed E-state index contributed by atoms with van der Waals surface area (Å²) in [5.74, 6) is 0.772. The first-order valence-electron chi connectivity index (χ1n) is 9.34. The standard InChI is InChI=1S/C19H26N4O4S/c1-15-5-6-17(14-18(15)28(25,26)23-10-12-27-13-11-23)21-19(24)4-3-8-22-9-7-20-16(22)2/h5-7,9,14H,3-4,8,10-13H2,1-2H3,(H,21,24). The van der Waals surface area contributed by atoms with Crippen LogP contribution in [0.3, 0.4) is 0 Å². The van der Waals surface area contributed by atoms with Crippen LogP contribution in [0.1, 0.15) is 24.2 Å². The summed E-state index contributed by atoms with van der Waals surface area (Å²) in [7, 11) is -3.61. The van der Waals surface area contributed by atoms with E-state index in [9.17, 15) is 13.2 Å². The molecule has 1 amide bonds. The van der Waals surface area contributed by atoms with Gasteiger partial charge in [0.2, 0.25) is 15.9 Å². The van der Waals surface area contributed by atoms with E-state index >= 15 is 0 Å². The van der Waals surface area contributed by atoms with Gasteiger partial charge in [0.05, 0.1) is 18.1 Å². The molecule has 1 aromatic carbocycles. The number of carbonyl (C=O) groups is 1. The maximum absolute atomic E-state index is 12.9. The summed E-state index contributed by atoms with van der Waals surface area (Å²) in [6.07, 6.45) is 4.64. The molecule has 0 saturated carbocycles. The van der Waals surface area contributed by atoms with E-state index in [2.05, 4.69) is 10.3 Å². The first-order chi connectivity index (χ1) is 13.4. The molecule has 2 heterocycles. The number of hydrogen-bond donors (Lipinski definition) is 1. The van der Waals surface area contributed by atoms with Gasteiger partial charge in [0, 0.05) is 44.1 Å². The van der Waals surface area contributed by atoms with Gasteiger partial charge in [0.25, 0.3) is 0 Å². The number of benzene rings is 1. The Morgan fingerprint density at radius 3 is 2.68 bits per heavy atom. The highest BCUT2D eigenvalue weighted by Crippen LogP contribution is 2.24. The number of aromatic nitrogens is 2. The van der Waals surface area contributed by atoms with Gasteiger partial charge in [-0.3, -0.25) is 4.79 Å². The van der Waals surface area contributed by atoms with Gasteiger partial charge >= 0.3 is 0 Å². The lowest BCUT2D eigenvalue weighted by Crippen LogP contribution is -2.40. The summed E-state index contributed by atoms with van der Waals surface area (Å²) < 4.78 is 34.5. The van der Waals surface area contributed by atoms with Crippen molar-refractivity contribution < 1.29 is 17.9 Å². The number of ether oxygens (including phenoxy) is 1. The fraction of sp³-hybridized carbons (Fsp3) is 0.474. The Bertz CT molecular complexity index is 933. The van der Waals surface area contributed by atoms with Crippen molar-refractivity contribution in [3.05, 3.63) is 42.0 Å². The monoisotopic (exact) mass is 406 g/mol. The lowest BCUT2D eigenvalue weighted by molar-refractivity contribution is -0.116. The minimum absolute atomic E-state index is 0.142. The number of carbonyl (C=O) groups excluding carboxylic acids is 1. The minimum atomic E-state index is -3.61. The summed E-state index contributed by atoms with van der Waals surface area (Å²) in [5, 5.41) is 2.81. The Hall–Kier alpha value is -2.23. The first-order valence-corrected chi connectivity index (χ1v) is 10.8. The molecular formula is C19H26N4O4S. The van der Waals surface area contributed by atoms with E-state index in [1.165, 1.54) is 10.4 Å². The lowest BCUT2D eigenvalue weighted by Gasteiger charge is -2.26. The number of rotatable bonds is 7. The largest absolute Gasteiger partial charge is 0.379 e. The summed E-state index contributed by atoms with van der Waals surface area (Å²) in [5.41, 5.74) is 1.14. The van der Waals surface area contributed by atoms with Crippen LogP contribution in [0, 0.1) is 13.8 Å². The van der Waals surface area contributed by atoms with Gasteiger partial charge in [0.15, 0.2) is 0 Å². The van der Waals surface area contributed by atoms with Crippen molar-refractivity contribution in [3.8, 4) is 0 Å². The molecule has 0 radical (unpaired) electrons. The second kappa shape index (κ2) is 8.85. The number of anilines is 1. The third-order valence-electron chi connectivity index (χ3n) is 4.79. The van der Waals surface area contributed by atoms with Crippen LogP contribution in [0.15, 0.2) is 35.5 Å². The van der Waals surface area contributed by atoms with Gasteiger partial charge in [-0.1, -0.05) is 6.07 Å². The van der Waals surface area contributed by atoms with Gasteiger partial charge in [-0.15, -0.1) is 0 Å². The second-order valence-corrected chi connectivity index (χ2v) is 8.72. The topological polar surface area (TPSA) is 93.5 Å². The highest BCUT2D eigenvalue weighted by atomic mass is 32.2. The van der Waals surface area contributed by atoms with Crippen molar-refractivity contribution in [1.82, 2.24) is 13.9 Å². The van der Waals surface area contributed by atoms with Crippen molar-refractivity contribution in [2.24, 2.45) is 0 Å². The number of sulfonamides is 1. The molecular weight excluding hydrogens is 380 g/mol. The first kappa shape index (κ1) is 20.5. The molecule has 1 fully saturated rings. The molecule has 0 aliphatic carbocycles. The van der Waals surface area contributed by atoms with Gasteiger partial charge < -0.3 is 14.6 Å². The SMILES string of the molecule is Cc1ccc(NC(=O)CCCn2ccnc2C)cc1S(=O)(=O)N1CCOCC1. The van der Waals surface area contributed by atoms with E-state index < -0.39 is 10.0 Å². The Morgan fingerprint density at radius 1 is 1.25 bits per heavy atom. The van der Waals surface area contributed by atoms with E-state index in [0.717, 1.165) is 5.82 Å². The summed E-state index contributed by atoms with van der Waals surface area (Å²) in [4.78, 5) is 16.6. The molecule has 1 aliphatic heterocycles. The molecule has 0 spiro atoms. The quantitative estimate of drug-likeness (QED) is 0.758. The zero-order valence-electron chi connectivity index (χ0n) is 16.2.